The molecule has 0 saturated heterocycles. The van der Waals surface area contributed by atoms with Crippen molar-refractivity contribution >= 4 is 28.2 Å². The normalized spacial score (nSPS) is 26.3. The van der Waals surface area contributed by atoms with Crippen molar-refractivity contribution in [3.8, 4) is 0 Å². The molecule has 2 unspecified atom stereocenters. The van der Waals surface area contributed by atoms with E-state index in [1.54, 1.807) is 0 Å². The number of hydrogen-bond donors (Lipinski definition) is 1. The SMILES string of the molecule is CCOC(=O)C1(C(=O)OC)C=NN(C)C1S(N)(=O)=O. The van der Waals surface area contributed by atoms with Gasteiger partial charge >= 0.3 is 11.9 Å². The zero-order chi connectivity index (χ0) is 14.8. The first-order valence-corrected chi connectivity index (χ1v) is 6.88. The fourth-order valence-corrected chi connectivity index (χ4v) is 3.13. The van der Waals surface area contributed by atoms with Crippen LogP contribution in [-0.4, -0.2) is 57.7 Å². The Morgan fingerprint density at radius 1 is 1.47 bits per heavy atom. The Hall–Kier alpha value is -1.68. The van der Waals surface area contributed by atoms with Gasteiger partial charge in [-0.1, -0.05) is 0 Å². The molecule has 0 aromatic heterocycles. The molecule has 0 saturated carbocycles. The van der Waals surface area contributed by atoms with Crippen LogP contribution < -0.4 is 5.14 Å². The van der Waals surface area contributed by atoms with Crippen LogP contribution in [0.5, 0.6) is 0 Å². The van der Waals surface area contributed by atoms with Gasteiger partial charge in [-0.15, -0.1) is 0 Å². The maximum atomic E-state index is 12.0. The van der Waals surface area contributed by atoms with Gasteiger partial charge in [-0.25, -0.2) is 13.6 Å². The predicted molar refractivity (Wildman–Crippen MR) is 64.2 cm³/mol. The number of nitrogens with two attached hydrogens (primary N) is 1. The van der Waals surface area contributed by atoms with Gasteiger partial charge in [-0.2, -0.15) is 5.10 Å². The first-order chi connectivity index (χ1) is 8.71. The number of carbonyl (C=O) groups excluding carboxylic acids is 2. The first kappa shape index (κ1) is 15.4. The topological polar surface area (TPSA) is 128 Å². The van der Waals surface area contributed by atoms with Crippen molar-refractivity contribution in [3.63, 3.8) is 0 Å². The summed E-state index contributed by atoms with van der Waals surface area (Å²) in [6.07, 6.45) is 0.881. The Morgan fingerprint density at radius 2 is 2.05 bits per heavy atom. The molecule has 0 aromatic rings. The Balaban J connectivity index is 3.43. The molecule has 1 aliphatic rings. The number of carbonyl (C=O) groups is 2. The molecular weight excluding hydrogens is 278 g/mol. The number of rotatable bonds is 4. The molecule has 0 aliphatic carbocycles. The third-order valence-corrected chi connectivity index (χ3v) is 3.92. The Morgan fingerprint density at radius 3 is 2.47 bits per heavy atom. The van der Waals surface area contributed by atoms with Crippen LogP contribution in [0.4, 0.5) is 0 Å². The standard InChI is InChI=1S/C9H15N3O6S/c1-4-18-8(14)9(7(13)17-3)5-11-12(2)6(9)19(10,15)16/h5-6H,4H2,1-3H3,(H2,10,15,16). The molecule has 0 radical (unpaired) electrons. The minimum Gasteiger partial charge on any atom is -0.468 e. The van der Waals surface area contributed by atoms with Gasteiger partial charge in [-0.3, -0.25) is 14.6 Å². The monoisotopic (exact) mass is 293 g/mol. The smallest absolute Gasteiger partial charge is 0.332 e. The molecule has 9 nitrogen and oxygen atoms in total. The van der Waals surface area contributed by atoms with Crippen LogP contribution in [0.3, 0.4) is 0 Å². The highest BCUT2D eigenvalue weighted by Crippen LogP contribution is 2.34. The molecule has 19 heavy (non-hydrogen) atoms. The summed E-state index contributed by atoms with van der Waals surface area (Å²) in [6, 6.07) is 0. The number of hydrazone groups is 1. The van der Waals surface area contributed by atoms with Crippen LogP contribution in [0.15, 0.2) is 5.10 Å². The van der Waals surface area contributed by atoms with E-state index in [1.165, 1.54) is 14.0 Å². The highest BCUT2D eigenvalue weighted by atomic mass is 32.2. The lowest BCUT2D eigenvalue weighted by molar-refractivity contribution is -0.165. The van der Waals surface area contributed by atoms with Gasteiger partial charge in [0.25, 0.3) is 0 Å². The molecule has 1 aliphatic heterocycles. The van der Waals surface area contributed by atoms with Crippen LogP contribution in [-0.2, 0) is 29.1 Å². The van der Waals surface area contributed by atoms with Gasteiger partial charge in [0, 0.05) is 7.05 Å². The van der Waals surface area contributed by atoms with E-state index in [-0.39, 0.29) is 6.61 Å². The van der Waals surface area contributed by atoms with Crippen molar-refractivity contribution in [1.82, 2.24) is 5.01 Å². The van der Waals surface area contributed by atoms with Crippen molar-refractivity contribution in [3.05, 3.63) is 0 Å². The molecule has 2 N–H and O–H groups in total. The second-order valence-corrected chi connectivity index (χ2v) is 5.47. The molecule has 0 amide bonds. The Bertz CT molecular complexity index is 516. The fourth-order valence-electron chi connectivity index (χ4n) is 1.88. The molecule has 10 heteroatoms. The lowest BCUT2D eigenvalue weighted by Crippen LogP contribution is -2.57. The van der Waals surface area contributed by atoms with Gasteiger partial charge < -0.3 is 9.47 Å². The molecule has 2 atom stereocenters. The number of methoxy groups -OCH3 is 1. The molecule has 0 spiro atoms. The van der Waals surface area contributed by atoms with Crippen molar-refractivity contribution in [2.24, 2.45) is 15.7 Å². The molecular formula is C9H15N3O6S. The number of primary sulfonamides is 1. The maximum absolute atomic E-state index is 12.0. The summed E-state index contributed by atoms with van der Waals surface area (Å²) in [5.74, 6) is -2.17. The molecule has 1 rings (SSSR count). The minimum absolute atomic E-state index is 0.0352. The van der Waals surface area contributed by atoms with E-state index in [0.29, 0.717) is 0 Å². The zero-order valence-corrected chi connectivity index (χ0v) is 11.5. The summed E-state index contributed by atoms with van der Waals surface area (Å²) in [4.78, 5) is 23.9. The molecule has 0 aromatic carbocycles. The van der Waals surface area contributed by atoms with Crippen molar-refractivity contribution < 1.29 is 27.5 Å². The van der Waals surface area contributed by atoms with Gasteiger partial charge in [0.1, 0.15) is 0 Å². The molecule has 108 valence electrons. The summed E-state index contributed by atoms with van der Waals surface area (Å²) in [5, 5.41) is 7.93. The highest BCUT2D eigenvalue weighted by molar-refractivity contribution is 7.89. The van der Waals surface area contributed by atoms with E-state index in [9.17, 15) is 18.0 Å². The van der Waals surface area contributed by atoms with Crippen molar-refractivity contribution in [2.45, 2.75) is 12.3 Å². The van der Waals surface area contributed by atoms with Gasteiger partial charge in [0.15, 0.2) is 5.37 Å². The lowest BCUT2D eigenvalue weighted by atomic mass is 9.90. The minimum atomic E-state index is -4.28. The van der Waals surface area contributed by atoms with E-state index >= 15 is 0 Å². The van der Waals surface area contributed by atoms with E-state index in [1.807, 2.05) is 0 Å². The van der Waals surface area contributed by atoms with Crippen LogP contribution in [0.25, 0.3) is 0 Å². The predicted octanol–water partition coefficient (Wildman–Crippen LogP) is -1.75. The Kier molecular flexibility index (Phi) is 4.15. The number of ether oxygens (including phenoxy) is 2. The summed E-state index contributed by atoms with van der Waals surface area (Å²) >= 11 is 0. The second kappa shape index (κ2) is 5.13. The van der Waals surface area contributed by atoms with Gasteiger partial charge in [-0.05, 0) is 6.92 Å². The van der Waals surface area contributed by atoms with Crippen LogP contribution >= 0.6 is 0 Å². The number of sulfonamides is 1. The van der Waals surface area contributed by atoms with Gasteiger partial charge in [0.2, 0.25) is 15.4 Å². The van der Waals surface area contributed by atoms with Crippen LogP contribution in [0, 0.1) is 5.41 Å². The van der Waals surface area contributed by atoms with E-state index in [4.69, 9.17) is 9.88 Å². The summed E-state index contributed by atoms with van der Waals surface area (Å²) in [6.45, 7) is 1.48. The number of nitrogens with zero attached hydrogens (tertiary/aromatic N) is 2. The maximum Gasteiger partial charge on any atom is 0.332 e. The lowest BCUT2D eigenvalue weighted by Gasteiger charge is -2.29. The summed E-state index contributed by atoms with van der Waals surface area (Å²) < 4.78 is 32.5. The largest absolute Gasteiger partial charge is 0.468 e. The van der Waals surface area contributed by atoms with E-state index in [0.717, 1.165) is 18.3 Å². The van der Waals surface area contributed by atoms with E-state index < -0.39 is 32.8 Å². The fraction of sp³-hybridized carbons (Fsp3) is 0.667. The average Bonchev–Trinajstić information content (AvgIpc) is 2.67. The second-order valence-electron chi connectivity index (χ2n) is 3.84. The molecule has 0 fully saturated rings. The zero-order valence-electron chi connectivity index (χ0n) is 10.7. The first-order valence-electron chi connectivity index (χ1n) is 5.27. The third-order valence-electron chi connectivity index (χ3n) is 2.62. The molecule has 1 heterocycles. The highest BCUT2D eigenvalue weighted by Gasteiger charge is 2.63. The Labute approximate surface area is 110 Å². The average molecular weight is 293 g/mol. The van der Waals surface area contributed by atoms with Crippen LogP contribution in [0.2, 0.25) is 0 Å². The van der Waals surface area contributed by atoms with Crippen molar-refractivity contribution in [1.29, 1.82) is 0 Å². The molecule has 0 bridgehead atoms. The van der Waals surface area contributed by atoms with E-state index in [2.05, 4.69) is 9.84 Å². The summed E-state index contributed by atoms with van der Waals surface area (Å²) in [7, 11) is -1.98. The number of hydrogen-bond acceptors (Lipinski definition) is 8. The van der Waals surface area contributed by atoms with Gasteiger partial charge in [0.05, 0.1) is 19.9 Å². The third kappa shape index (κ3) is 2.40. The number of esters is 2. The quantitative estimate of drug-likeness (QED) is 0.481. The summed E-state index contributed by atoms with van der Waals surface area (Å²) in [5.41, 5.74) is -2.22. The van der Waals surface area contributed by atoms with Crippen LogP contribution in [0.1, 0.15) is 6.92 Å². The van der Waals surface area contributed by atoms with Crippen molar-refractivity contribution in [2.75, 3.05) is 20.8 Å².